The van der Waals surface area contributed by atoms with Crippen LogP contribution in [0, 0.1) is 0 Å². The van der Waals surface area contributed by atoms with Gasteiger partial charge in [0.15, 0.2) is 0 Å². The maximum atomic E-state index is 13.1. The summed E-state index contributed by atoms with van der Waals surface area (Å²) in [6.45, 7) is 3.12. The number of nitrogens with one attached hydrogen (secondary N) is 1. The van der Waals surface area contributed by atoms with Crippen molar-refractivity contribution in [3.8, 4) is 0 Å². The van der Waals surface area contributed by atoms with Crippen LogP contribution in [0.3, 0.4) is 0 Å². The Balaban J connectivity index is 1.69. The van der Waals surface area contributed by atoms with E-state index < -0.39 is 10.0 Å². The molecule has 0 aromatic heterocycles. The molecule has 2 aliphatic rings. The van der Waals surface area contributed by atoms with E-state index in [0.717, 1.165) is 31.6 Å². The summed E-state index contributed by atoms with van der Waals surface area (Å²) >= 11 is 6.17. The number of hydrogen-bond donors (Lipinski definition) is 1. The van der Waals surface area contributed by atoms with Crippen LogP contribution >= 0.6 is 11.6 Å². The predicted molar refractivity (Wildman–Crippen MR) is 117 cm³/mol. The molecule has 1 amide bonds. The molecule has 0 radical (unpaired) electrons. The highest BCUT2D eigenvalue weighted by Gasteiger charge is 2.28. The van der Waals surface area contributed by atoms with Gasteiger partial charge in [0.25, 0.3) is 5.91 Å². The molecule has 0 aliphatic carbocycles. The summed E-state index contributed by atoms with van der Waals surface area (Å²) < 4.78 is 32.9. The number of amides is 1. The van der Waals surface area contributed by atoms with Gasteiger partial charge in [0.2, 0.25) is 10.0 Å². The maximum Gasteiger partial charge on any atom is 0.257 e. The van der Waals surface area contributed by atoms with Gasteiger partial charge >= 0.3 is 0 Å². The van der Waals surface area contributed by atoms with E-state index in [1.807, 2.05) is 0 Å². The quantitative estimate of drug-likeness (QED) is 0.758. The van der Waals surface area contributed by atoms with Crippen LogP contribution in [-0.4, -0.2) is 58.0 Å². The molecule has 9 heteroatoms. The van der Waals surface area contributed by atoms with Gasteiger partial charge in [-0.15, -0.1) is 0 Å². The first kappa shape index (κ1) is 21.1. The number of morpholine rings is 1. The van der Waals surface area contributed by atoms with Crippen molar-refractivity contribution in [3.05, 3.63) is 53.1 Å². The minimum atomic E-state index is -3.68. The van der Waals surface area contributed by atoms with E-state index in [9.17, 15) is 13.2 Å². The smallest absolute Gasteiger partial charge is 0.257 e. The molecule has 30 heavy (non-hydrogen) atoms. The van der Waals surface area contributed by atoms with Crippen LogP contribution in [0.15, 0.2) is 47.4 Å². The summed E-state index contributed by atoms with van der Waals surface area (Å²) in [5.74, 6) is -0.373. The van der Waals surface area contributed by atoms with Gasteiger partial charge in [-0.3, -0.25) is 4.79 Å². The fourth-order valence-corrected chi connectivity index (χ4v) is 5.44. The van der Waals surface area contributed by atoms with Gasteiger partial charge in [-0.25, -0.2) is 8.42 Å². The molecule has 7 nitrogen and oxygen atoms in total. The second kappa shape index (κ2) is 8.93. The molecule has 0 saturated carbocycles. The van der Waals surface area contributed by atoms with Crippen molar-refractivity contribution in [2.24, 2.45) is 0 Å². The zero-order chi connectivity index (χ0) is 21.1. The van der Waals surface area contributed by atoms with Gasteiger partial charge in [0.05, 0.1) is 40.1 Å². The van der Waals surface area contributed by atoms with Crippen molar-refractivity contribution < 1.29 is 17.9 Å². The number of halogens is 1. The van der Waals surface area contributed by atoms with Crippen molar-refractivity contribution in [1.82, 2.24) is 4.31 Å². The Morgan fingerprint density at radius 1 is 1.00 bits per heavy atom. The molecule has 0 spiro atoms. The molecule has 0 unspecified atom stereocenters. The van der Waals surface area contributed by atoms with E-state index >= 15 is 0 Å². The molecule has 160 valence electrons. The first-order valence-electron chi connectivity index (χ1n) is 9.99. The van der Waals surface area contributed by atoms with Gasteiger partial charge in [-0.05, 0) is 43.2 Å². The van der Waals surface area contributed by atoms with Gasteiger partial charge in [-0.2, -0.15) is 4.31 Å². The first-order chi connectivity index (χ1) is 14.5. The fraction of sp³-hybridized carbons (Fsp3) is 0.381. The van der Waals surface area contributed by atoms with Crippen molar-refractivity contribution in [3.63, 3.8) is 0 Å². The number of ether oxygens (including phenoxy) is 1. The molecule has 2 fully saturated rings. The van der Waals surface area contributed by atoms with Gasteiger partial charge < -0.3 is 15.0 Å². The lowest BCUT2D eigenvalue weighted by molar-refractivity contribution is 0.0730. The number of rotatable bonds is 5. The first-order valence-corrected chi connectivity index (χ1v) is 11.8. The third kappa shape index (κ3) is 4.32. The van der Waals surface area contributed by atoms with Crippen LogP contribution in [0.25, 0.3) is 0 Å². The highest BCUT2D eigenvalue weighted by Crippen LogP contribution is 2.33. The summed E-state index contributed by atoms with van der Waals surface area (Å²) in [7, 11) is -3.68. The molecular weight excluding hydrogens is 426 g/mol. The Hall–Kier alpha value is -2.13. The van der Waals surface area contributed by atoms with Gasteiger partial charge in [0.1, 0.15) is 0 Å². The van der Waals surface area contributed by atoms with Crippen LogP contribution in [0.1, 0.15) is 23.2 Å². The van der Waals surface area contributed by atoms with Crippen molar-refractivity contribution >= 4 is 38.9 Å². The van der Waals surface area contributed by atoms with Crippen LogP contribution < -0.4 is 10.2 Å². The fourth-order valence-electron chi connectivity index (χ4n) is 3.78. The number of benzene rings is 2. The molecule has 2 saturated heterocycles. The van der Waals surface area contributed by atoms with Crippen LogP contribution in [0.4, 0.5) is 11.4 Å². The van der Waals surface area contributed by atoms with Gasteiger partial charge in [0, 0.05) is 26.2 Å². The second-order valence-electron chi connectivity index (χ2n) is 7.32. The largest absolute Gasteiger partial charge is 0.379 e. The summed E-state index contributed by atoms with van der Waals surface area (Å²) in [5, 5.41) is 3.23. The molecule has 2 aromatic carbocycles. The highest BCUT2D eigenvalue weighted by atomic mass is 35.5. The average Bonchev–Trinajstić information content (AvgIpc) is 3.29. The Morgan fingerprint density at radius 2 is 1.70 bits per heavy atom. The van der Waals surface area contributed by atoms with E-state index in [2.05, 4.69) is 10.2 Å². The van der Waals surface area contributed by atoms with Crippen LogP contribution in [-0.2, 0) is 14.8 Å². The highest BCUT2D eigenvalue weighted by molar-refractivity contribution is 7.89. The number of anilines is 2. The number of carbonyl (C=O) groups is 1. The Labute approximate surface area is 181 Å². The summed E-state index contributed by atoms with van der Waals surface area (Å²) in [4.78, 5) is 15.2. The zero-order valence-electron chi connectivity index (χ0n) is 16.5. The summed E-state index contributed by atoms with van der Waals surface area (Å²) in [6, 6.07) is 11.7. The van der Waals surface area contributed by atoms with E-state index in [0.29, 0.717) is 42.6 Å². The minimum Gasteiger partial charge on any atom is -0.379 e. The molecule has 0 bridgehead atoms. The van der Waals surface area contributed by atoms with Crippen LogP contribution in [0.5, 0.6) is 0 Å². The van der Waals surface area contributed by atoms with E-state index in [-0.39, 0.29) is 10.8 Å². The molecule has 1 N–H and O–H groups in total. The number of hydrogen-bond acceptors (Lipinski definition) is 5. The topological polar surface area (TPSA) is 79.0 Å². The van der Waals surface area contributed by atoms with Crippen molar-refractivity contribution in [1.29, 1.82) is 0 Å². The number of carbonyl (C=O) groups excluding carboxylic acids is 1. The molecule has 4 rings (SSSR count). The lowest BCUT2D eigenvalue weighted by Gasteiger charge is -2.27. The molecular formula is C21H24ClN3O4S. The third-order valence-electron chi connectivity index (χ3n) is 5.39. The molecule has 2 aliphatic heterocycles. The van der Waals surface area contributed by atoms with E-state index in [1.54, 1.807) is 42.5 Å². The van der Waals surface area contributed by atoms with E-state index in [1.165, 1.54) is 4.31 Å². The second-order valence-corrected chi connectivity index (χ2v) is 9.67. The lowest BCUT2D eigenvalue weighted by Crippen LogP contribution is -2.40. The monoisotopic (exact) mass is 449 g/mol. The minimum absolute atomic E-state index is 0.154. The maximum absolute atomic E-state index is 13.1. The predicted octanol–water partition coefficient (Wildman–Crippen LogP) is 3.21. The SMILES string of the molecule is O=C(Nc1cc(S(=O)(=O)N2CCOCC2)ccc1N1CCCC1)c1ccccc1Cl. The van der Waals surface area contributed by atoms with Crippen LogP contribution in [0.2, 0.25) is 5.02 Å². The Bertz CT molecular complexity index is 1030. The lowest BCUT2D eigenvalue weighted by atomic mass is 10.2. The zero-order valence-corrected chi connectivity index (χ0v) is 18.1. The third-order valence-corrected chi connectivity index (χ3v) is 7.61. The Kier molecular flexibility index (Phi) is 6.29. The van der Waals surface area contributed by atoms with E-state index in [4.69, 9.17) is 16.3 Å². The average molecular weight is 450 g/mol. The Morgan fingerprint density at radius 3 is 2.40 bits per heavy atom. The molecule has 2 heterocycles. The van der Waals surface area contributed by atoms with Crippen molar-refractivity contribution in [2.75, 3.05) is 49.6 Å². The number of sulfonamides is 1. The standard InChI is InChI=1S/C21H24ClN3O4S/c22-18-6-2-1-5-17(18)21(26)23-19-15-16(7-8-20(19)24-9-3-4-10-24)30(27,28)25-11-13-29-14-12-25/h1-2,5-8,15H,3-4,9-14H2,(H,23,26). The van der Waals surface area contributed by atoms with Gasteiger partial charge in [-0.1, -0.05) is 23.7 Å². The normalized spacial score (nSPS) is 17.8. The summed E-state index contributed by atoms with van der Waals surface area (Å²) in [6.07, 6.45) is 2.12. The molecule has 2 aromatic rings. The van der Waals surface area contributed by atoms with Crippen molar-refractivity contribution in [2.45, 2.75) is 17.7 Å². The molecule has 0 atom stereocenters. The summed E-state index contributed by atoms with van der Waals surface area (Å²) in [5.41, 5.74) is 1.62. The number of nitrogens with zero attached hydrogens (tertiary/aromatic N) is 2.